The fraction of sp³-hybridized carbons (Fsp3) is 0.259. The molecule has 1 saturated heterocycles. The highest BCUT2D eigenvalue weighted by molar-refractivity contribution is 6.33. The van der Waals surface area contributed by atoms with Crippen LogP contribution in [0.3, 0.4) is 0 Å². The highest BCUT2D eigenvalue weighted by atomic mass is 35.5. The number of carbonyl (C=O) groups is 2. The van der Waals surface area contributed by atoms with Crippen molar-refractivity contribution in [3.05, 3.63) is 92.7 Å². The van der Waals surface area contributed by atoms with Gasteiger partial charge in [0.15, 0.2) is 0 Å². The van der Waals surface area contributed by atoms with Gasteiger partial charge in [0.1, 0.15) is 29.0 Å². The summed E-state index contributed by atoms with van der Waals surface area (Å²) in [7, 11) is 0. The minimum atomic E-state index is -1.53. The highest BCUT2D eigenvalue weighted by Gasteiger charge is 2.64. The first-order chi connectivity index (χ1) is 17.7. The quantitative estimate of drug-likeness (QED) is 0.370. The fourth-order valence-electron chi connectivity index (χ4n) is 5.52. The number of nitrogens with one attached hydrogen (secondary N) is 2. The first kappa shape index (κ1) is 25.8. The zero-order valence-electron chi connectivity index (χ0n) is 19.5. The molecule has 10 heteroatoms. The number of rotatable bonds is 5. The maximum Gasteiger partial charge on any atom is 0.239 e. The van der Waals surface area contributed by atoms with Crippen molar-refractivity contribution in [2.45, 2.75) is 29.7 Å². The number of piperidine rings is 1. The number of benzene rings is 3. The van der Waals surface area contributed by atoms with Crippen LogP contribution >= 0.6 is 34.8 Å². The SMILES string of the molecule is Cc1ccc(F)cc1[C@H]1NC(=O)[C@@H](Cl)[C@@H](c2cc(Cl)ccc2OCCO)[C@]12C(=O)Nc1cc(Cl)ccc12. The monoisotopic (exact) mass is 562 g/mol. The Balaban J connectivity index is 1.86. The third kappa shape index (κ3) is 4.14. The van der Waals surface area contributed by atoms with Gasteiger partial charge in [-0.1, -0.05) is 35.3 Å². The van der Waals surface area contributed by atoms with Crippen LogP contribution < -0.4 is 15.4 Å². The molecule has 2 aliphatic rings. The lowest BCUT2D eigenvalue weighted by atomic mass is 9.58. The van der Waals surface area contributed by atoms with Crippen molar-refractivity contribution < 1.29 is 23.8 Å². The summed E-state index contributed by atoms with van der Waals surface area (Å²) in [5.41, 5.74) is 0.991. The van der Waals surface area contributed by atoms with Crippen molar-refractivity contribution in [2.75, 3.05) is 18.5 Å². The number of hydrogen-bond donors (Lipinski definition) is 3. The lowest BCUT2D eigenvalue weighted by Crippen LogP contribution is -2.61. The average Bonchev–Trinajstić information content (AvgIpc) is 3.13. The van der Waals surface area contributed by atoms with Gasteiger partial charge in [-0.15, -0.1) is 11.6 Å². The third-order valence-corrected chi connectivity index (χ3v) is 7.96. The van der Waals surface area contributed by atoms with E-state index in [1.54, 1.807) is 49.4 Å². The molecule has 2 heterocycles. The minimum absolute atomic E-state index is 0.0294. The molecule has 0 aliphatic carbocycles. The van der Waals surface area contributed by atoms with E-state index in [9.17, 15) is 19.1 Å². The molecular formula is C27H22Cl3FN2O4. The summed E-state index contributed by atoms with van der Waals surface area (Å²) in [4.78, 5) is 27.6. The Hall–Kier alpha value is -2.84. The van der Waals surface area contributed by atoms with E-state index < -0.39 is 40.4 Å². The number of ether oxygens (including phenoxy) is 1. The van der Waals surface area contributed by atoms with Crippen LogP contribution in [0.5, 0.6) is 5.75 Å². The molecule has 1 spiro atoms. The predicted molar refractivity (Wildman–Crippen MR) is 140 cm³/mol. The molecule has 0 radical (unpaired) electrons. The molecule has 4 atom stereocenters. The lowest BCUT2D eigenvalue weighted by molar-refractivity contribution is -0.131. The number of aryl methyl sites for hydroxylation is 1. The smallest absolute Gasteiger partial charge is 0.239 e. The Bertz CT molecular complexity index is 1420. The van der Waals surface area contributed by atoms with E-state index in [1.807, 2.05) is 0 Å². The van der Waals surface area contributed by atoms with E-state index in [0.717, 1.165) is 0 Å². The summed E-state index contributed by atoms with van der Waals surface area (Å²) in [5, 5.41) is 14.7. The van der Waals surface area contributed by atoms with Gasteiger partial charge in [-0.2, -0.15) is 0 Å². The summed E-state index contributed by atoms with van der Waals surface area (Å²) in [5.74, 6) is -2.17. The van der Waals surface area contributed by atoms with Crippen molar-refractivity contribution >= 4 is 52.3 Å². The summed E-state index contributed by atoms with van der Waals surface area (Å²) in [6, 6.07) is 13.0. The lowest BCUT2D eigenvalue weighted by Gasteiger charge is -2.48. The number of aliphatic hydroxyl groups is 1. The number of fused-ring (bicyclic) bond motifs is 2. The van der Waals surface area contributed by atoms with E-state index in [2.05, 4.69) is 10.6 Å². The first-order valence-corrected chi connectivity index (χ1v) is 12.7. The molecule has 6 nitrogen and oxygen atoms in total. The normalized spacial score (nSPS) is 24.5. The zero-order valence-corrected chi connectivity index (χ0v) is 21.8. The largest absolute Gasteiger partial charge is 0.491 e. The average molecular weight is 564 g/mol. The Labute approximate surface area is 227 Å². The third-order valence-electron chi connectivity index (χ3n) is 7.03. The first-order valence-electron chi connectivity index (χ1n) is 11.5. The second kappa shape index (κ2) is 9.80. The molecule has 3 aromatic carbocycles. The Kier molecular flexibility index (Phi) is 6.83. The highest BCUT2D eigenvalue weighted by Crippen LogP contribution is 2.60. The standard InChI is InChI=1S/C27H22Cl3FN2O4/c1-13-2-5-16(31)12-17(13)24-27(19-6-3-15(29)11-20(19)32-26(27)36)22(23(30)25(35)33-24)18-10-14(28)4-7-21(18)37-9-8-34/h2-7,10-12,22-24,34H,8-9H2,1H3,(H,32,36)(H,33,35)/t22-,23+,24-,27+/m1/s1. The Morgan fingerprint density at radius 1 is 1.03 bits per heavy atom. The number of aliphatic hydroxyl groups excluding tert-OH is 1. The van der Waals surface area contributed by atoms with Crippen LogP contribution in [-0.4, -0.2) is 35.5 Å². The maximum atomic E-state index is 14.6. The minimum Gasteiger partial charge on any atom is -0.491 e. The van der Waals surface area contributed by atoms with Crippen molar-refractivity contribution in [1.82, 2.24) is 5.32 Å². The second-order valence-electron chi connectivity index (χ2n) is 9.09. The fourth-order valence-corrected chi connectivity index (χ4v) is 6.27. The predicted octanol–water partition coefficient (Wildman–Crippen LogP) is 5.26. The second-order valence-corrected chi connectivity index (χ2v) is 10.4. The van der Waals surface area contributed by atoms with E-state index in [0.29, 0.717) is 43.7 Å². The van der Waals surface area contributed by atoms with Crippen LogP contribution in [0.1, 0.15) is 34.2 Å². The molecule has 1 fully saturated rings. The number of hydrogen-bond acceptors (Lipinski definition) is 4. The molecule has 0 saturated carbocycles. The molecule has 0 bridgehead atoms. The van der Waals surface area contributed by atoms with Gasteiger partial charge in [0.2, 0.25) is 11.8 Å². The molecule has 37 heavy (non-hydrogen) atoms. The zero-order chi connectivity index (χ0) is 26.5. The number of halogens is 4. The van der Waals surface area contributed by atoms with Gasteiger partial charge < -0.3 is 20.5 Å². The molecule has 0 aromatic heterocycles. The summed E-state index contributed by atoms with van der Waals surface area (Å²) in [6.45, 7) is 1.50. The molecule has 3 N–H and O–H groups in total. The van der Waals surface area contributed by atoms with Gasteiger partial charge in [-0.05, 0) is 66.1 Å². The Morgan fingerprint density at radius 3 is 2.51 bits per heavy atom. The van der Waals surface area contributed by atoms with Crippen LogP contribution in [0.15, 0.2) is 54.6 Å². The molecule has 5 rings (SSSR count). The van der Waals surface area contributed by atoms with Gasteiger partial charge in [0, 0.05) is 27.2 Å². The molecule has 2 amide bonds. The van der Waals surface area contributed by atoms with E-state index in [4.69, 9.17) is 39.5 Å². The van der Waals surface area contributed by atoms with Gasteiger partial charge in [-0.3, -0.25) is 9.59 Å². The summed E-state index contributed by atoms with van der Waals surface area (Å²) < 4.78 is 20.4. The molecule has 3 aromatic rings. The maximum absolute atomic E-state index is 14.6. The topological polar surface area (TPSA) is 87.7 Å². The van der Waals surface area contributed by atoms with Crippen LogP contribution in [0.4, 0.5) is 10.1 Å². The molecule has 192 valence electrons. The summed E-state index contributed by atoms with van der Waals surface area (Å²) in [6.07, 6.45) is 0. The number of carbonyl (C=O) groups excluding carboxylic acids is 2. The van der Waals surface area contributed by atoms with Crippen molar-refractivity contribution in [3.63, 3.8) is 0 Å². The van der Waals surface area contributed by atoms with Gasteiger partial charge in [0.25, 0.3) is 0 Å². The number of alkyl halides is 1. The summed E-state index contributed by atoms with van der Waals surface area (Å²) >= 11 is 19.5. The molecule has 2 aliphatic heterocycles. The molecular weight excluding hydrogens is 542 g/mol. The van der Waals surface area contributed by atoms with Crippen LogP contribution in [0.25, 0.3) is 0 Å². The van der Waals surface area contributed by atoms with Crippen LogP contribution in [0, 0.1) is 12.7 Å². The van der Waals surface area contributed by atoms with Gasteiger partial charge >= 0.3 is 0 Å². The van der Waals surface area contributed by atoms with E-state index >= 15 is 0 Å². The van der Waals surface area contributed by atoms with Gasteiger partial charge in [-0.25, -0.2) is 4.39 Å². The van der Waals surface area contributed by atoms with Crippen molar-refractivity contribution in [2.24, 2.45) is 0 Å². The van der Waals surface area contributed by atoms with Crippen LogP contribution in [-0.2, 0) is 15.0 Å². The van der Waals surface area contributed by atoms with Gasteiger partial charge in [0.05, 0.1) is 12.6 Å². The van der Waals surface area contributed by atoms with E-state index in [1.165, 1.54) is 12.1 Å². The van der Waals surface area contributed by atoms with Crippen molar-refractivity contribution in [1.29, 1.82) is 0 Å². The number of amides is 2. The van der Waals surface area contributed by atoms with Crippen LogP contribution in [0.2, 0.25) is 10.0 Å². The van der Waals surface area contributed by atoms with Crippen molar-refractivity contribution in [3.8, 4) is 5.75 Å². The Morgan fingerprint density at radius 2 is 1.76 bits per heavy atom. The molecule has 0 unspecified atom stereocenters. The number of anilines is 1. The van der Waals surface area contributed by atoms with E-state index in [-0.39, 0.29) is 13.2 Å².